The average molecular weight is 1030 g/mol. The molecular weight excluding hydrogens is 964 g/mol. The number of benzene rings is 1. The van der Waals surface area contributed by atoms with Crippen molar-refractivity contribution in [2.75, 3.05) is 19.6 Å². The number of alkyl halides is 3. The summed E-state index contributed by atoms with van der Waals surface area (Å²) in [5.41, 5.74) is 12.3. The Labute approximate surface area is 413 Å². The van der Waals surface area contributed by atoms with Gasteiger partial charge in [-0.2, -0.15) is 13.2 Å². The summed E-state index contributed by atoms with van der Waals surface area (Å²) in [4.78, 5) is 139. The van der Waals surface area contributed by atoms with Crippen molar-refractivity contribution in [3.8, 4) is 0 Å². The van der Waals surface area contributed by atoms with Gasteiger partial charge in [-0.3, -0.25) is 43.2 Å². The van der Waals surface area contributed by atoms with Crippen molar-refractivity contribution < 1.29 is 86.3 Å². The molecule has 0 radical (unpaired) electrons. The van der Waals surface area contributed by atoms with Crippen LogP contribution in [0.2, 0.25) is 0 Å². The monoisotopic (exact) mass is 1030 g/mol. The predicted molar refractivity (Wildman–Crippen MR) is 248 cm³/mol. The summed E-state index contributed by atoms with van der Waals surface area (Å²) in [6.45, 7) is 6.87. The van der Waals surface area contributed by atoms with Gasteiger partial charge in [0.25, 0.3) is 0 Å². The molecule has 0 saturated carbocycles. The highest BCUT2D eigenvalue weighted by Gasteiger charge is 2.39. The maximum atomic E-state index is 13.9. The van der Waals surface area contributed by atoms with Crippen molar-refractivity contribution in [3.63, 3.8) is 0 Å². The van der Waals surface area contributed by atoms with Gasteiger partial charge in [-0.25, -0.2) is 9.59 Å². The van der Waals surface area contributed by atoms with Crippen LogP contribution in [0.3, 0.4) is 0 Å². The second-order valence-corrected chi connectivity index (χ2v) is 17.8. The van der Waals surface area contributed by atoms with Gasteiger partial charge in [-0.05, 0) is 75.3 Å². The summed E-state index contributed by atoms with van der Waals surface area (Å²) in [6, 6.07) is -0.367. The van der Waals surface area contributed by atoms with E-state index in [1.165, 1.54) is 4.90 Å². The van der Waals surface area contributed by atoms with Crippen molar-refractivity contribution in [3.05, 3.63) is 35.9 Å². The van der Waals surface area contributed by atoms with E-state index in [0.717, 1.165) is 0 Å². The minimum atomic E-state index is -5.08. The van der Waals surface area contributed by atoms with Crippen LogP contribution in [0.1, 0.15) is 97.5 Å². The Bertz CT molecular complexity index is 2030. The zero-order valence-corrected chi connectivity index (χ0v) is 40.5. The highest BCUT2D eigenvalue weighted by molar-refractivity contribution is 5.98. The smallest absolute Gasteiger partial charge is 0.481 e. The van der Waals surface area contributed by atoms with Crippen molar-refractivity contribution in [1.29, 1.82) is 0 Å². The molecular formula is C45H68F3N9O15. The molecule has 24 nitrogen and oxygen atoms in total. The van der Waals surface area contributed by atoms with Crippen LogP contribution in [-0.2, 0) is 59.2 Å². The van der Waals surface area contributed by atoms with Crippen LogP contribution in [0.25, 0.3) is 0 Å². The van der Waals surface area contributed by atoms with Crippen LogP contribution in [0, 0.1) is 11.8 Å². The largest absolute Gasteiger partial charge is 0.490 e. The molecule has 7 amide bonds. The first-order valence-corrected chi connectivity index (χ1v) is 23.1. The molecule has 7 atom stereocenters. The Morgan fingerprint density at radius 3 is 1.72 bits per heavy atom. The Kier molecular flexibility index (Phi) is 27.6. The van der Waals surface area contributed by atoms with Gasteiger partial charge in [-0.1, -0.05) is 58.0 Å². The molecule has 0 bridgehead atoms. The van der Waals surface area contributed by atoms with Gasteiger partial charge < -0.3 is 68.7 Å². The van der Waals surface area contributed by atoms with E-state index in [1.807, 2.05) is 13.8 Å². The molecule has 1 aliphatic heterocycles. The number of carbonyl (C=O) groups excluding carboxylic acids is 7. The molecule has 2 rings (SSSR count). The number of aliphatic carboxylic acids is 4. The van der Waals surface area contributed by atoms with Crippen molar-refractivity contribution in [2.24, 2.45) is 23.3 Å². The number of carboxylic acids is 4. The summed E-state index contributed by atoms with van der Waals surface area (Å²) in [5, 5.41) is 50.4. The molecule has 7 unspecified atom stereocenters. The maximum absolute atomic E-state index is 13.9. The first-order chi connectivity index (χ1) is 33.6. The maximum Gasteiger partial charge on any atom is 0.490 e. The molecule has 404 valence electrons. The third-order valence-electron chi connectivity index (χ3n) is 10.7. The normalized spacial score (nSPS) is 15.8. The number of halogens is 3. The summed E-state index contributed by atoms with van der Waals surface area (Å²) in [5.74, 6) is -12.7. The van der Waals surface area contributed by atoms with E-state index in [9.17, 15) is 76.4 Å². The number of carboxylic acid groups (broad SMARTS) is 4. The summed E-state index contributed by atoms with van der Waals surface area (Å²) < 4.78 is 31.7. The van der Waals surface area contributed by atoms with Crippen molar-refractivity contribution in [1.82, 2.24) is 36.8 Å². The van der Waals surface area contributed by atoms with E-state index < -0.39 is 140 Å². The number of nitrogens with one attached hydrogen (secondary N) is 6. The predicted octanol–water partition coefficient (Wildman–Crippen LogP) is -0.634. The molecule has 0 spiro atoms. The third-order valence-corrected chi connectivity index (χ3v) is 10.7. The van der Waals surface area contributed by atoms with Gasteiger partial charge in [0, 0.05) is 19.4 Å². The fourth-order valence-electron chi connectivity index (χ4n) is 7.14. The number of amides is 7. The highest BCUT2D eigenvalue weighted by atomic mass is 19.4. The lowest BCUT2D eigenvalue weighted by atomic mass is 10.0. The minimum absolute atomic E-state index is 0.00145. The van der Waals surface area contributed by atoms with Crippen LogP contribution in [0.4, 0.5) is 13.2 Å². The van der Waals surface area contributed by atoms with Gasteiger partial charge in [-0.15, -0.1) is 0 Å². The lowest BCUT2D eigenvalue weighted by Gasteiger charge is -2.28. The molecule has 72 heavy (non-hydrogen) atoms. The molecule has 27 heteroatoms. The number of carbonyl (C=O) groups is 11. The molecule has 1 heterocycles. The van der Waals surface area contributed by atoms with Gasteiger partial charge in [0.05, 0.1) is 19.0 Å². The number of hydrogen-bond donors (Lipinski definition) is 12. The second-order valence-electron chi connectivity index (χ2n) is 17.8. The zero-order valence-electron chi connectivity index (χ0n) is 40.5. The fraction of sp³-hybridized carbons (Fsp3) is 0.622. The molecule has 0 aromatic heterocycles. The topological polar surface area (TPSA) is 396 Å². The molecule has 14 N–H and O–H groups in total. The lowest BCUT2D eigenvalue weighted by Crippen LogP contribution is -2.58. The lowest BCUT2D eigenvalue weighted by molar-refractivity contribution is -0.192. The Balaban J connectivity index is 0.00000343. The molecule has 1 aromatic carbocycles. The highest BCUT2D eigenvalue weighted by Crippen LogP contribution is 2.19. The number of nitrogens with two attached hydrogens (primary N) is 2. The first-order valence-electron chi connectivity index (χ1n) is 23.1. The van der Waals surface area contributed by atoms with Gasteiger partial charge >= 0.3 is 30.1 Å². The fourth-order valence-corrected chi connectivity index (χ4v) is 7.14. The van der Waals surface area contributed by atoms with Crippen LogP contribution in [0.5, 0.6) is 0 Å². The summed E-state index contributed by atoms with van der Waals surface area (Å²) >= 11 is 0. The molecule has 1 aliphatic rings. The average Bonchev–Trinajstić information content (AvgIpc) is 3.78. The quantitative estimate of drug-likeness (QED) is 0.0444. The van der Waals surface area contributed by atoms with Gasteiger partial charge in [0.15, 0.2) is 0 Å². The Hall–Kier alpha value is -6.90. The molecule has 1 aromatic rings. The van der Waals surface area contributed by atoms with Crippen LogP contribution >= 0.6 is 0 Å². The minimum Gasteiger partial charge on any atom is -0.481 e. The van der Waals surface area contributed by atoms with Crippen LogP contribution in [0.15, 0.2) is 30.3 Å². The van der Waals surface area contributed by atoms with Gasteiger partial charge in [0.1, 0.15) is 36.3 Å². The Morgan fingerprint density at radius 1 is 0.681 bits per heavy atom. The van der Waals surface area contributed by atoms with Crippen LogP contribution in [-0.4, -0.2) is 159 Å². The number of nitrogens with zero attached hydrogens (tertiary/aromatic N) is 1. The van der Waals surface area contributed by atoms with E-state index in [2.05, 4.69) is 31.9 Å². The second kappa shape index (κ2) is 31.4. The molecule has 1 saturated heterocycles. The van der Waals surface area contributed by atoms with E-state index in [4.69, 9.17) is 21.4 Å². The number of unbranched alkanes of at least 4 members (excludes halogenated alkanes) is 1. The van der Waals surface area contributed by atoms with E-state index >= 15 is 0 Å². The van der Waals surface area contributed by atoms with E-state index in [1.54, 1.807) is 44.2 Å². The van der Waals surface area contributed by atoms with E-state index in [0.29, 0.717) is 24.8 Å². The van der Waals surface area contributed by atoms with Crippen LogP contribution < -0.4 is 43.4 Å². The number of rotatable bonds is 29. The van der Waals surface area contributed by atoms with Crippen molar-refractivity contribution in [2.45, 2.75) is 147 Å². The first kappa shape index (κ1) is 63.1. The SMILES string of the molecule is CC(C)CC(N)C(=O)NC(CCC(=O)O)C(=O)NC(CC(=O)O)C(=O)NCC(=O)N1CCCC1C(=O)NC(CCCCN)C(=O)NC(Cc1ccccc1)C(=O)NC(CC(C)C)C(=O)O.O=C(O)C(F)(F)F. The Morgan fingerprint density at radius 2 is 1.21 bits per heavy atom. The molecule has 0 aliphatic carbocycles. The number of likely N-dealkylation sites (tertiary alicyclic amines) is 1. The molecule has 1 fully saturated rings. The summed E-state index contributed by atoms with van der Waals surface area (Å²) in [7, 11) is 0. The van der Waals surface area contributed by atoms with Crippen molar-refractivity contribution >= 4 is 65.2 Å². The van der Waals surface area contributed by atoms with E-state index in [-0.39, 0.29) is 57.0 Å². The standard InChI is InChI=1S/C43H67N9O13.C2HF3O2/c1-24(2)19-27(45)37(58)47-29(15-16-35(54)55)40(61)50-31(22-36(56)57)38(59)46-23-34(53)52-18-10-14-33(52)42(63)48-28(13-8-9-17-44)39(60)49-30(21-26-11-6-5-7-12-26)41(62)51-32(43(64)65)20-25(3)4;3-2(4,5)1(6)7/h5-7,11-12,24-25,27-33H,8-10,13-23,44-45H2,1-4H3,(H,46,59)(H,47,58)(H,48,63)(H,49,60)(H,50,61)(H,51,62)(H,54,55)(H,56,57)(H,64,65);(H,6,7). The third kappa shape index (κ3) is 24.3. The summed E-state index contributed by atoms with van der Waals surface area (Å²) in [6.07, 6.45) is -5.11. The van der Waals surface area contributed by atoms with Gasteiger partial charge in [0.2, 0.25) is 41.4 Å². The number of hydrogen-bond acceptors (Lipinski definition) is 13. The zero-order chi connectivity index (χ0) is 54.9.